The lowest BCUT2D eigenvalue weighted by Gasteiger charge is -2.38. The molecule has 3 heterocycles. The first-order chi connectivity index (χ1) is 23.3. The zero-order valence-corrected chi connectivity index (χ0v) is 30.2. The number of fused-ring (bicyclic) bond motifs is 4. The van der Waals surface area contributed by atoms with E-state index < -0.39 is 46.8 Å². The smallest absolute Gasteiger partial charge is 0.310 e. The summed E-state index contributed by atoms with van der Waals surface area (Å²) in [5, 5.41) is 12.4. The molecule has 0 radical (unpaired) electrons. The number of carbonyl (C=O) groups is 3. The number of likely N-dealkylation sites (N-methyl/N-ethyl adjacent to an activating group) is 1. The average molecular weight is 746 g/mol. The highest BCUT2D eigenvalue weighted by Gasteiger charge is 2.74. The molecule has 1 unspecified atom stereocenters. The van der Waals surface area contributed by atoms with Crippen LogP contribution in [-0.4, -0.2) is 59.6 Å². The number of nitrogens with zero attached hydrogens (tertiary/aromatic N) is 3. The fraction of sp³-hybridized carbons (Fsp3) is 0.432. The molecule has 2 amide bonds. The van der Waals surface area contributed by atoms with Gasteiger partial charge in [-0.1, -0.05) is 89.6 Å². The zero-order valence-electron chi connectivity index (χ0n) is 27.2. The van der Waals surface area contributed by atoms with Crippen molar-refractivity contribution in [1.29, 1.82) is 0 Å². The maximum absolute atomic E-state index is 15.3. The van der Waals surface area contributed by atoms with Crippen LogP contribution in [0.3, 0.4) is 0 Å². The largest absolute Gasteiger partial charge is 0.481 e. The van der Waals surface area contributed by atoms with Gasteiger partial charge in [0.05, 0.1) is 28.8 Å². The fourth-order valence-electron chi connectivity index (χ4n) is 8.94. The molecule has 1 spiro atoms. The number of hydrogen-bond acceptors (Lipinski definition) is 5. The molecule has 3 fully saturated rings. The third-order valence-corrected chi connectivity index (χ3v) is 11.9. The number of amides is 2. The standard InChI is InChI=1S/C37H37Cl4N3O5/c1-36(49-19-22-10-4-3-5-11-22)17-29-30(33(45)43(18-21-8-6-7-9-21)26-13-23(38)12-24(39)14-26)31(34(46)47)37(44(29)20-36)27-15-25(40)16-28(41)32(27)42(2)35(37)48/h3-5,10-16,21,29-31H,6-9,17-20H2,1-2H3,(H,46,47)/t29-,30?,31-,36+,37+/m1/s1. The topological polar surface area (TPSA) is 90.4 Å². The van der Waals surface area contributed by atoms with Crippen LogP contribution in [0.4, 0.5) is 11.4 Å². The molecule has 3 aromatic rings. The van der Waals surface area contributed by atoms with Crippen LogP contribution in [0.25, 0.3) is 0 Å². The van der Waals surface area contributed by atoms with Gasteiger partial charge >= 0.3 is 5.97 Å². The molecule has 3 aromatic carbocycles. The minimum atomic E-state index is -1.77. The molecule has 4 aliphatic rings. The van der Waals surface area contributed by atoms with Gasteiger partial charge in [-0.15, -0.1) is 0 Å². The van der Waals surface area contributed by atoms with E-state index >= 15 is 4.79 Å². The molecule has 2 saturated heterocycles. The molecule has 5 atom stereocenters. The maximum atomic E-state index is 15.3. The Hall–Kier alpha value is -2.85. The van der Waals surface area contributed by atoms with Crippen molar-refractivity contribution in [3.63, 3.8) is 0 Å². The number of carboxylic acids is 1. The highest BCUT2D eigenvalue weighted by atomic mass is 35.5. The molecule has 7 rings (SSSR count). The van der Waals surface area contributed by atoms with Crippen LogP contribution in [0.5, 0.6) is 0 Å². The van der Waals surface area contributed by atoms with Crippen molar-refractivity contribution in [3.05, 3.63) is 91.9 Å². The molecule has 49 heavy (non-hydrogen) atoms. The van der Waals surface area contributed by atoms with Crippen molar-refractivity contribution in [2.75, 3.05) is 29.9 Å². The highest BCUT2D eigenvalue weighted by Crippen LogP contribution is 2.62. The predicted octanol–water partition coefficient (Wildman–Crippen LogP) is 8.08. The number of carboxylic acid groups (broad SMARTS) is 1. The van der Waals surface area contributed by atoms with E-state index in [1.165, 1.54) is 4.90 Å². The summed E-state index contributed by atoms with van der Waals surface area (Å²) in [6.07, 6.45) is 4.32. The van der Waals surface area contributed by atoms with Gasteiger partial charge in [0, 0.05) is 52.5 Å². The Morgan fingerprint density at radius 1 is 0.980 bits per heavy atom. The molecule has 1 aliphatic carbocycles. The molecule has 0 aromatic heterocycles. The lowest BCUT2D eigenvalue weighted by Crippen LogP contribution is -2.56. The van der Waals surface area contributed by atoms with Crippen LogP contribution in [0.15, 0.2) is 60.7 Å². The van der Waals surface area contributed by atoms with E-state index in [4.69, 9.17) is 51.1 Å². The Kier molecular flexibility index (Phi) is 9.21. The van der Waals surface area contributed by atoms with Crippen LogP contribution >= 0.6 is 46.4 Å². The highest BCUT2D eigenvalue weighted by molar-refractivity contribution is 6.38. The lowest BCUT2D eigenvalue weighted by molar-refractivity contribution is -0.154. The monoisotopic (exact) mass is 743 g/mol. The van der Waals surface area contributed by atoms with Crippen molar-refractivity contribution in [3.8, 4) is 0 Å². The number of aliphatic carboxylic acids is 1. The van der Waals surface area contributed by atoms with Gasteiger partial charge < -0.3 is 19.6 Å². The number of rotatable bonds is 8. The first-order valence-corrected chi connectivity index (χ1v) is 18.1. The molecule has 1 N–H and O–H groups in total. The Morgan fingerprint density at radius 3 is 2.29 bits per heavy atom. The Bertz CT molecular complexity index is 1800. The third kappa shape index (κ3) is 5.82. The van der Waals surface area contributed by atoms with Crippen LogP contribution in [0.2, 0.25) is 20.1 Å². The third-order valence-electron chi connectivity index (χ3n) is 10.9. The second kappa shape index (κ2) is 13.0. The van der Waals surface area contributed by atoms with Gasteiger partial charge in [0.15, 0.2) is 0 Å². The van der Waals surface area contributed by atoms with Crippen LogP contribution in [-0.2, 0) is 31.3 Å². The molecule has 8 nitrogen and oxygen atoms in total. The van der Waals surface area contributed by atoms with Crippen molar-refractivity contribution in [1.82, 2.24) is 4.90 Å². The second-order valence-electron chi connectivity index (χ2n) is 14.1. The number of anilines is 2. The van der Waals surface area contributed by atoms with Crippen molar-refractivity contribution >= 4 is 75.6 Å². The van der Waals surface area contributed by atoms with E-state index in [0.717, 1.165) is 31.2 Å². The number of ether oxygens (including phenoxy) is 1. The lowest BCUT2D eigenvalue weighted by atomic mass is 9.72. The Morgan fingerprint density at radius 2 is 1.63 bits per heavy atom. The minimum absolute atomic E-state index is 0.201. The molecule has 258 valence electrons. The summed E-state index contributed by atoms with van der Waals surface area (Å²) in [7, 11) is 1.58. The second-order valence-corrected chi connectivity index (χ2v) is 15.8. The number of carbonyl (C=O) groups excluding carboxylic acids is 2. The number of benzene rings is 3. The van der Waals surface area contributed by atoms with E-state index in [9.17, 15) is 14.7 Å². The van der Waals surface area contributed by atoms with Gasteiger partial charge in [0.25, 0.3) is 5.91 Å². The van der Waals surface area contributed by atoms with Crippen LogP contribution in [0, 0.1) is 17.8 Å². The summed E-state index contributed by atoms with van der Waals surface area (Å²) in [6, 6.07) is 17.2. The Balaban J connectivity index is 1.39. The van der Waals surface area contributed by atoms with Crippen LogP contribution in [0.1, 0.15) is 50.2 Å². The van der Waals surface area contributed by atoms with Gasteiger partial charge in [-0.05, 0) is 68.0 Å². The summed E-state index contributed by atoms with van der Waals surface area (Å²) in [5.41, 5.74) is -0.358. The van der Waals surface area contributed by atoms with E-state index in [1.54, 1.807) is 42.3 Å². The molecule has 12 heteroatoms. The number of hydrogen-bond donors (Lipinski definition) is 1. The van der Waals surface area contributed by atoms with Gasteiger partial charge in [-0.3, -0.25) is 19.3 Å². The zero-order chi connectivity index (χ0) is 34.8. The van der Waals surface area contributed by atoms with E-state index in [1.807, 2.05) is 42.2 Å². The van der Waals surface area contributed by atoms with Gasteiger partial charge in [0.1, 0.15) is 11.5 Å². The average Bonchev–Trinajstić information content (AvgIpc) is 3.79. The van der Waals surface area contributed by atoms with Gasteiger partial charge in [0.2, 0.25) is 5.91 Å². The van der Waals surface area contributed by atoms with Crippen molar-refractivity contribution in [2.45, 2.75) is 62.8 Å². The number of halogens is 4. The molecular weight excluding hydrogens is 708 g/mol. The first-order valence-electron chi connectivity index (χ1n) is 16.6. The van der Waals surface area contributed by atoms with Gasteiger partial charge in [-0.2, -0.15) is 0 Å². The molecule has 1 saturated carbocycles. The van der Waals surface area contributed by atoms with Crippen LogP contribution < -0.4 is 9.80 Å². The molecule has 0 bridgehead atoms. The van der Waals surface area contributed by atoms with E-state index in [-0.39, 0.29) is 22.5 Å². The van der Waals surface area contributed by atoms with E-state index in [0.29, 0.717) is 46.6 Å². The summed E-state index contributed by atoms with van der Waals surface area (Å²) >= 11 is 26.2. The molecule has 3 aliphatic heterocycles. The summed E-state index contributed by atoms with van der Waals surface area (Å²) in [6.45, 7) is 2.85. The molecular formula is C37H37Cl4N3O5. The Labute approximate surface area is 305 Å². The normalized spacial score (nSPS) is 28.0. The van der Waals surface area contributed by atoms with Crippen molar-refractivity contribution < 1.29 is 24.2 Å². The van der Waals surface area contributed by atoms with Crippen molar-refractivity contribution in [2.24, 2.45) is 17.8 Å². The summed E-state index contributed by atoms with van der Waals surface area (Å²) in [5.74, 6) is -4.50. The SMILES string of the molecule is CN1C(=O)[C@]2(c3cc(Cl)cc(Cl)c31)[C@@H](C(=O)O)C(C(=O)N(CC1CCCC1)c1cc(Cl)cc(Cl)c1)[C@H]1C[C@](C)(OCc3ccccc3)CN12. The maximum Gasteiger partial charge on any atom is 0.310 e. The summed E-state index contributed by atoms with van der Waals surface area (Å²) in [4.78, 5) is 48.8. The van der Waals surface area contributed by atoms with E-state index in [2.05, 4.69) is 0 Å². The summed E-state index contributed by atoms with van der Waals surface area (Å²) < 4.78 is 6.60. The minimum Gasteiger partial charge on any atom is -0.481 e. The predicted molar refractivity (Wildman–Crippen MR) is 192 cm³/mol. The fourth-order valence-corrected chi connectivity index (χ4v) is 10.1. The van der Waals surface area contributed by atoms with Gasteiger partial charge in [-0.25, -0.2) is 0 Å². The first kappa shape index (κ1) is 34.6. The quantitative estimate of drug-likeness (QED) is 0.251.